The minimum absolute atomic E-state index is 0.0854. The van der Waals surface area contributed by atoms with E-state index in [1.165, 1.54) is 5.56 Å². The maximum atomic E-state index is 11.8. The summed E-state index contributed by atoms with van der Waals surface area (Å²) in [6.07, 6.45) is 0.231. The molecule has 18 heavy (non-hydrogen) atoms. The van der Waals surface area contributed by atoms with Gasteiger partial charge in [0.15, 0.2) is 0 Å². The van der Waals surface area contributed by atoms with Gasteiger partial charge in [-0.2, -0.15) is 11.3 Å². The number of aliphatic hydroxyl groups is 1. The summed E-state index contributed by atoms with van der Waals surface area (Å²) in [4.78, 5) is 13.4. The molecule has 2 amide bonds. The summed E-state index contributed by atoms with van der Waals surface area (Å²) >= 11 is 1.67. The van der Waals surface area contributed by atoms with E-state index in [-0.39, 0.29) is 12.1 Å². The highest BCUT2D eigenvalue weighted by molar-refractivity contribution is 7.07. The SMILES string of the molecule is CC(O)CCN(C)C(=O)NCC(C)c1ccsc1. The van der Waals surface area contributed by atoms with Crippen molar-refractivity contribution < 1.29 is 9.90 Å². The van der Waals surface area contributed by atoms with Gasteiger partial charge in [0.2, 0.25) is 0 Å². The van der Waals surface area contributed by atoms with Gasteiger partial charge in [0.25, 0.3) is 0 Å². The lowest BCUT2D eigenvalue weighted by atomic mass is 10.1. The van der Waals surface area contributed by atoms with Crippen LogP contribution in [0.25, 0.3) is 0 Å². The average Bonchev–Trinajstić information content (AvgIpc) is 2.86. The molecule has 0 aliphatic heterocycles. The van der Waals surface area contributed by atoms with Gasteiger partial charge in [0, 0.05) is 20.1 Å². The van der Waals surface area contributed by atoms with Crippen LogP contribution in [0, 0.1) is 0 Å². The Bertz CT molecular complexity index is 352. The Balaban J connectivity index is 2.28. The highest BCUT2D eigenvalue weighted by Gasteiger charge is 2.11. The number of carbonyl (C=O) groups is 1. The quantitative estimate of drug-likeness (QED) is 0.833. The zero-order valence-corrected chi connectivity index (χ0v) is 12.0. The smallest absolute Gasteiger partial charge is 0.317 e. The van der Waals surface area contributed by atoms with E-state index in [9.17, 15) is 4.79 Å². The van der Waals surface area contributed by atoms with Gasteiger partial charge in [-0.25, -0.2) is 4.79 Å². The minimum atomic E-state index is -0.370. The van der Waals surface area contributed by atoms with Gasteiger partial charge in [-0.3, -0.25) is 0 Å². The van der Waals surface area contributed by atoms with E-state index in [2.05, 4.69) is 23.7 Å². The van der Waals surface area contributed by atoms with Crippen LogP contribution in [0.4, 0.5) is 4.79 Å². The first-order valence-electron chi connectivity index (χ1n) is 6.19. The lowest BCUT2D eigenvalue weighted by Gasteiger charge is -2.20. The molecule has 2 N–H and O–H groups in total. The Morgan fingerprint density at radius 2 is 2.28 bits per heavy atom. The number of nitrogens with zero attached hydrogens (tertiary/aromatic N) is 1. The number of urea groups is 1. The van der Waals surface area contributed by atoms with Gasteiger partial charge in [-0.05, 0) is 41.7 Å². The van der Waals surface area contributed by atoms with Crippen molar-refractivity contribution >= 4 is 17.4 Å². The summed E-state index contributed by atoms with van der Waals surface area (Å²) in [7, 11) is 1.74. The van der Waals surface area contributed by atoms with Crippen LogP contribution in [0.1, 0.15) is 31.7 Å². The number of amides is 2. The summed E-state index contributed by atoms with van der Waals surface area (Å²) in [6.45, 7) is 5.02. The molecule has 5 heteroatoms. The molecule has 2 atom stereocenters. The molecule has 1 aromatic rings. The number of hydrogen-bond donors (Lipinski definition) is 2. The summed E-state index contributed by atoms with van der Waals surface area (Å²) in [5.41, 5.74) is 1.26. The Kier molecular flexibility index (Phi) is 6.15. The van der Waals surface area contributed by atoms with E-state index in [1.54, 1.807) is 30.2 Å². The number of thiophene rings is 1. The zero-order valence-electron chi connectivity index (χ0n) is 11.2. The molecule has 1 rings (SSSR count). The van der Waals surface area contributed by atoms with Crippen molar-refractivity contribution in [3.63, 3.8) is 0 Å². The molecule has 2 unspecified atom stereocenters. The standard InChI is InChI=1S/C13H22N2O2S/c1-10(12-5-7-18-9-12)8-14-13(17)15(3)6-4-11(2)16/h5,7,9-11,16H,4,6,8H2,1-3H3,(H,14,17). The molecule has 0 bridgehead atoms. The normalized spacial score (nSPS) is 14.0. The van der Waals surface area contributed by atoms with Gasteiger partial charge < -0.3 is 15.3 Å². The Hall–Kier alpha value is -1.07. The lowest BCUT2D eigenvalue weighted by Crippen LogP contribution is -2.39. The van der Waals surface area contributed by atoms with Crippen molar-refractivity contribution in [1.82, 2.24) is 10.2 Å². The predicted octanol–water partition coefficient (Wildman–Crippen LogP) is 2.26. The fraction of sp³-hybridized carbons (Fsp3) is 0.615. The molecule has 0 aliphatic rings. The first-order valence-corrected chi connectivity index (χ1v) is 7.14. The third kappa shape index (κ3) is 5.06. The van der Waals surface area contributed by atoms with E-state index in [0.717, 1.165) is 0 Å². The topological polar surface area (TPSA) is 52.6 Å². The Morgan fingerprint density at radius 1 is 1.56 bits per heavy atom. The van der Waals surface area contributed by atoms with Crippen LogP contribution < -0.4 is 5.32 Å². The molecular weight excluding hydrogens is 248 g/mol. The van der Waals surface area contributed by atoms with Crippen LogP contribution in [0.3, 0.4) is 0 Å². The summed E-state index contributed by atoms with van der Waals surface area (Å²) in [5.74, 6) is 0.324. The van der Waals surface area contributed by atoms with E-state index in [0.29, 0.717) is 25.4 Å². The fourth-order valence-electron chi connectivity index (χ4n) is 1.53. The maximum absolute atomic E-state index is 11.8. The third-order valence-electron chi connectivity index (χ3n) is 2.90. The van der Waals surface area contributed by atoms with Crippen LogP contribution in [0.5, 0.6) is 0 Å². The van der Waals surface area contributed by atoms with Crippen molar-refractivity contribution in [1.29, 1.82) is 0 Å². The molecule has 0 aromatic carbocycles. The van der Waals surface area contributed by atoms with Crippen molar-refractivity contribution in [2.45, 2.75) is 32.3 Å². The Morgan fingerprint density at radius 3 is 2.83 bits per heavy atom. The van der Waals surface area contributed by atoms with Crippen molar-refractivity contribution in [2.75, 3.05) is 20.1 Å². The molecule has 0 aliphatic carbocycles. The minimum Gasteiger partial charge on any atom is -0.393 e. The number of aliphatic hydroxyl groups excluding tert-OH is 1. The molecule has 0 fully saturated rings. The van der Waals surface area contributed by atoms with Crippen LogP contribution in [0.2, 0.25) is 0 Å². The monoisotopic (exact) mass is 270 g/mol. The van der Waals surface area contributed by atoms with E-state index < -0.39 is 0 Å². The summed E-state index contributed by atoms with van der Waals surface area (Å²) < 4.78 is 0. The van der Waals surface area contributed by atoms with Crippen molar-refractivity contribution in [3.05, 3.63) is 22.4 Å². The summed E-state index contributed by atoms with van der Waals surface area (Å²) in [5, 5.41) is 16.2. The largest absolute Gasteiger partial charge is 0.393 e. The highest BCUT2D eigenvalue weighted by Crippen LogP contribution is 2.17. The van der Waals surface area contributed by atoms with Crippen LogP contribution in [0.15, 0.2) is 16.8 Å². The van der Waals surface area contributed by atoms with Gasteiger partial charge in [-0.15, -0.1) is 0 Å². The van der Waals surface area contributed by atoms with E-state index in [1.807, 2.05) is 5.38 Å². The first kappa shape index (κ1) is 15.0. The average molecular weight is 270 g/mol. The number of rotatable bonds is 6. The molecule has 1 aromatic heterocycles. The first-order chi connectivity index (χ1) is 8.50. The lowest BCUT2D eigenvalue weighted by molar-refractivity contribution is 0.163. The van der Waals surface area contributed by atoms with Gasteiger partial charge >= 0.3 is 6.03 Å². The molecule has 0 saturated heterocycles. The fourth-order valence-corrected chi connectivity index (χ4v) is 2.31. The molecular formula is C13H22N2O2S. The molecule has 102 valence electrons. The van der Waals surface area contributed by atoms with Crippen molar-refractivity contribution in [2.24, 2.45) is 0 Å². The van der Waals surface area contributed by atoms with E-state index >= 15 is 0 Å². The zero-order chi connectivity index (χ0) is 13.5. The Labute approximate surface area is 113 Å². The van der Waals surface area contributed by atoms with Gasteiger partial charge in [-0.1, -0.05) is 6.92 Å². The number of nitrogens with one attached hydrogen (secondary N) is 1. The van der Waals surface area contributed by atoms with Crippen molar-refractivity contribution in [3.8, 4) is 0 Å². The number of carbonyl (C=O) groups excluding carboxylic acids is 1. The van der Waals surface area contributed by atoms with Crippen LogP contribution >= 0.6 is 11.3 Å². The predicted molar refractivity (Wildman–Crippen MR) is 75.1 cm³/mol. The second-order valence-electron chi connectivity index (χ2n) is 4.70. The molecule has 0 saturated carbocycles. The molecule has 1 heterocycles. The second-order valence-corrected chi connectivity index (χ2v) is 5.48. The van der Waals surface area contributed by atoms with Crippen LogP contribution in [-0.2, 0) is 0 Å². The number of hydrogen-bond acceptors (Lipinski definition) is 3. The summed E-state index contributed by atoms with van der Waals surface area (Å²) in [6, 6.07) is 2.00. The highest BCUT2D eigenvalue weighted by atomic mass is 32.1. The van der Waals surface area contributed by atoms with Gasteiger partial charge in [0.1, 0.15) is 0 Å². The second kappa shape index (κ2) is 7.38. The van der Waals surface area contributed by atoms with E-state index in [4.69, 9.17) is 5.11 Å². The van der Waals surface area contributed by atoms with Crippen LogP contribution in [-0.4, -0.2) is 42.3 Å². The maximum Gasteiger partial charge on any atom is 0.317 e. The molecule has 4 nitrogen and oxygen atoms in total. The molecule has 0 spiro atoms. The molecule has 0 radical (unpaired) electrons. The third-order valence-corrected chi connectivity index (χ3v) is 3.60. The van der Waals surface area contributed by atoms with Gasteiger partial charge in [0.05, 0.1) is 6.10 Å².